The standard InChI is InChI=1S/C53H34N4/c1-4-12-35(13-5-1)52-44-18-10-11-19-45(44)53(36-14-6-2-7-15-36)48-29-37(20-22-46(48)52)39-26-41(32-55-30-39)42-27-40(31-56-33-42)38-21-23-50-47(28-38)49-34-54-25-24-51(49)57(50)43-16-8-3-9-17-43/h1-34H. The SMILES string of the molecule is c1ccc(-c2c3ccccc3c(-c3ccccc3)c3cc(-c4cncc(-c5cncc(-c6ccc7c(c6)c6cnccc6n7-c6ccccc6)c5)c4)ccc23)cc1. The van der Waals surface area contributed by atoms with E-state index in [0.29, 0.717) is 0 Å². The molecule has 0 N–H and O–H groups in total. The van der Waals surface area contributed by atoms with Gasteiger partial charge >= 0.3 is 0 Å². The molecule has 0 aliphatic heterocycles. The van der Waals surface area contributed by atoms with Crippen LogP contribution < -0.4 is 0 Å². The van der Waals surface area contributed by atoms with Crippen LogP contribution in [0.4, 0.5) is 0 Å². The van der Waals surface area contributed by atoms with E-state index >= 15 is 0 Å². The van der Waals surface area contributed by atoms with E-state index in [1.807, 2.05) is 37.2 Å². The van der Waals surface area contributed by atoms with Crippen molar-refractivity contribution >= 4 is 43.4 Å². The zero-order valence-corrected chi connectivity index (χ0v) is 30.9. The molecule has 0 spiro atoms. The highest BCUT2D eigenvalue weighted by Gasteiger charge is 2.18. The van der Waals surface area contributed by atoms with Gasteiger partial charge in [0.2, 0.25) is 0 Å². The topological polar surface area (TPSA) is 43.6 Å². The number of aromatic nitrogens is 4. The summed E-state index contributed by atoms with van der Waals surface area (Å²) >= 11 is 0. The van der Waals surface area contributed by atoms with Gasteiger partial charge < -0.3 is 4.57 Å². The summed E-state index contributed by atoms with van der Waals surface area (Å²) in [6.45, 7) is 0. The monoisotopic (exact) mass is 726 g/mol. The van der Waals surface area contributed by atoms with Gasteiger partial charge in [0.15, 0.2) is 0 Å². The molecule has 0 bridgehead atoms. The minimum atomic E-state index is 1.01. The fourth-order valence-corrected chi connectivity index (χ4v) is 8.60. The van der Waals surface area contributed by atoms with Gasteiger partial charge in [-0.05, 0) is 103 Å². The van der Waals surface area contributed by atoms with Crippen LogP contribution in [-0.2, 0) is 0 Å². The van der Waals surface area contributed by atoms with Crippen LogP contribution in [0, 0.1) is 0 Å². The van der Waals surface area contributed by atoms with Gasteiger partial charge in [0, 0.05) is 75.9 Å². The molecule has 0 aliphatic rings. The molecule has 4 nitrogen and oxygen atoms in total. The van der Waals surface area contributed by atoms with Crippen molar-refractivity contribution < 1.29 is 0 Å². The summed E-state index contributed by atoms with van der Waals surface area (Å²) in [5.74, 6) is 0. The summed E-state index contributed by atoms with van der Waals surface area (Å²) in [6.07, 6.45) is 11.6. The van der Waals surface area contributed by atoms with Gasteiger partial charge in [-0.25, -0.2) is 0 Å². The summed E-state index contributed by atoms with van der Waals surface area (Å²) in [5.41, 5.74) is 14.6. The van der Waals surface area contributed by atoms with E-state index in [-0.39, 0.29) is 0 Å². The van der Waals surface area contributed by atoms with Gasteiger partial charge in [-0.2, -0.15) is 0 Å². The molecule has 0 amide bonds. The lowest BCUT2D eigenvalue weighted by Gasteiger charge is -2.18. The van der Waals surface area contributed by atoms with E-state index in [1.54, 1.807) is 0 Å². The lowest BCUT2D eigenvalue weighted by Crippen LogP contribution is -1.93. The molecular weight excluding hydrogens is 693 g/mol. The first-order valence-electron chi connectivity index (χ1n) is 19.2. The van der Waals surface area contributed by atoms with Crippen LogP contribution in [0.2, 0.25) is 0 Å². The number of fused-ring (bicyclic) bond motifs is 5. The number of hydrogen-bond donors (Lipinski definition) is 0. The van der Waals surface area contributed by atoms with Crippen molar-refractivity contribution in [2.75, 3.05) is 0 Å². The first-order valence-corrected chi connectivity index (χ1v) is 19.2. The molecule has 0 unspecified atom stereocenters. The van der Waals surface area contributed by atoms with Crippen molar-refractivity contribution in [2.24, 2.45) is 0 Å². The summed E-state index contributed by atoms with van der Waals surface area (Å²) in [7, 11) is 0. The smallest absolute Gasteiger partial charge is 0.0571 e. The molecule has 7 aromatic carbocycles. The van der Waals surface area contributed by atoms with Crippen LogP contribution in [-0.4, -0.2) is 19.5 Å². The average molecular weight is 727 g/mol. The van der Waals surface area contributed by atoms with Crippen LogP contribution in [0.25, 0.3) is 105 Å². The van der Waals surface area contributed by atoms with Gasteiger partial charge in [0.25, 0.3) is 0 Å². The minimum Gasteiger partial charge on any atom is -0.309 e. The lowest BCUT2D eigenvalue weighted by atomic mass is 9.85. The van der Waals surface area contributed by atoms with Crippen molar-refractivity contribution in [3.8, 4) is 61.3 Å². The Hall–Kier alpha value is -7.69. The number of para-hydroxylation sites is 1. The molecule has 11 aromatic rings. The van der Waals surface area contributed by atoms with Gasteiger partial charge in [0.1, 0.15) is 0 Å². The second-order valence-corrected chi connectivity index (χ2v) is 14.5. The van der Waals surface area contributed by atoms with Crippen LogP contribution >= 0.6 is 0 Å². The number of benzene rings is 7. The summed E-state index contributed by atoms with van der Waals surface area (Å²) in [5, 5.41) is 7.20. The number of pyridine rings is 3. The van der Waals surface area contributed by atoms with Gasteiger partial charge in [0.05, 0.1) is 11.0 Å². The van der Waals surface area contributed by atoms with Crippen molar-refractivity contribution in [3.05, 3.63) is 207 Å². The molecule has 0 aliphatic carbocycles. The van der Waals surface area contributed by atoms with E-state index < -0.39 is 0 Å². The first kappa shape index (κ1) is 32.7. The number of nitrogens with zero attached hydrogens (tertiary/aromatic N) is 4. The van der Waals surface area contributed by atoms with E-state index in [9.17, 15) is 0 Å². The van der Waals surface area contributed by atoms with Crippen LogP contribution in [0.3, 0.4) is 0 Å². The molecule has 11 rings (SSSR count). The zero-order valence-electron chi connectivity index (χ0n) is 30.9. The van der Waals surface area contributed by atoms with Gasteiger partial charge in [-0.15, -0.1) is 0 Å². The Labute approximate surface area is 330 Å². The molecule has 0 saturated heterocycles. The average Bonchev–Trinajstić information content (AvgIpc) is 3.62. The Kier molecular flexibility index (Phi) is 7.78. The molecule has 0 atom stereocenters. The maximum atomic E-state index is 4.78. The number of hydrogen-bond acceptors (Lipinski definition) is 3. The van der Waals surface area contributed by atoms with Crippen LogP contribution in [0.15, 0.2) is 207 Å². The van der Waals surface area contributed by atoms with Gasteiger partial charge in [-0.3, -0.25) is 15.0 Å². The number of rotatable bonds is 6. The van der Waals surface area contributed by atoms with Crippen molar-refractivity contribution in [3.63, 3.8) is 0 Å². The Morgan fingerprint density at radius 2 is 0.754 bits per heavy atom. The van der Waals surface area contributed by atoms with Gasteiger partial charge in [-0.1, -0.05) is 121 Å². The van der Waals surface area contributed by atoms with E-state index in [0.717, 1.165) is 60.9 Å². The van der Waals surface area contributed by atoms with Crippen LogP contribution in [0.5, 0.6) is 0 Å². The molecule has 57 heavy (non-hydrogen) atoms. The van der Waals surface area contributed by atoms with E-state index in [4.69, 9.17) is 9.97 Å². The molecule has 0 radical (unpaired) electrons. The fraction of sp³-hybridized carbons (Fsp3) is 0. The third-order valence-electron chi connectivity index (χ3n) is 11.2. The van der Waals surface area contributed by atoms with E-state index in [1.165, 1.54) is 43.8 Å². The van der Waals surface area contributed by atoms with Crippen LogP contribution in [0.1, 0.15) is 0 Å². The highest BCUT2D eigenvalue weighted by atomic mass is 15.0. The highest BCUT2D eigenvalue weighted by Crippen LogP contribution is 2.45. The first-order chi connectivity index (χ1) is 28.3. The quantitative estimate of drug-likeness (QED) is 0.160. The lowest BCUT2D eigenvalue weighted by molar-refractivity contribution is 1.17. The van der Waals surface area contributed by atoms with E-state index in [2.05, 4.69) is 179 Å². The van der Waals surface area contributed by atoms with Crippen molar-refractivity contribution in [2.45, 2.75) is 0 Å². The third kappa shape index (κ3) is 5.58. The zero-order chi connectivity index (χ0) is 37.7. The Balaban J connectivity index is 1.03. The molecule has 4 aromatic heterocycles. The summed E-state index contributed by atoms with van der Waals surface area (Å²) in [4.78, 5) is 14.0. The Morgan fingerprint density at radius 3 is 1.37 bits per heavy atom. The fourth-order valence-electron chi connectivity index (χ4n) is 8.60. The highest BCUT2D eigenvalue weighted by molar-refractivity contribution is 6.22. The molecule has 4 heterocycles. The predicted octanol–water partition coefficient (Wildman–Crippen LogP) is 13.6. The largest absolute Gasteiger partial charge is 0.309 e. The third-order valence-corrected chi connectivity index (χ3v) is 11.2. The summed E-state index contributed by atoms with van der Waals surface area (Å²) in [6, 6.07) is 60.9. The predicted molar refractivity (Wildman–Crippen MR) is 236 cm³/mol. The molecular formula is C53H34N4. The second kappa shape index (κ2) is 13.6. The van der Waals surface area contributed by atoms with Crippen molar-refractivity contribution in [1.29, 1.82) is 0 Å². The minimum absolute atomic E-state index is 1.01. The Bertz CT molecular complexity index is 3280. The normalized spacial score (nSPS) is 11.5. The molecule has 4 heteroatoms. The summed E-state index contributed by atoms with van der Waals surface area (Å²) < 4.78 is 2.31. The maximum absolute atomic E-state index is 4.78. The molecule has 0 fully saturated rings. The molecule has 266 valence electrons. The molecule has 0 saturated carbocycles. The Morgan fingerprint density at radius 1 is 0.281 bits per heavy atom. The maximum Gasteiger partial charge on any atom is 0.0571 e. The van der Waals surface area contributed by atoms with Crippen molar-refractivity contribution in [1.82, 2.24) is 19.5 Å². The second-order valence-electron chi connectivity index (χ2n) is 14.5.